The lowest BCUT2D eigenvalue weighted by atomic mass is 9.98. The molecule has 21 heavy (non-hydrogen) atoms. The summed E-state index contributed by atoms with van der Waals surface area (Å²) in [5.74, 6) is 0. The van der Waals surface area contributed by atoms with Gasteiger partial charge in [0.15, 0.2) is 0 Å². The second-order valence-electron chi connectivity index (χ2n) is 5.23. The molecule has 0 aliphatic rings. The average Bonchev–Trinajstić information content (AvgIpc) is 2.93. The molecular formula is C17H19N3O. The minimum absolute atomic E-state index is 0.210. The zero-order chi connectivity index (χ0) is 14.7. The van der Waals surface area contributed by atoms with Crippen molar-refractivity contribution < 1.29 is 5.11 Å². The molecule has 2 unspecified atom stereocenters. The van der Waals surface area contributed by atoms with E-state index in [1.54, 1.807) is 0 Å². The smallest absolute Gasteiger partial charge is 0.113 e. The molecule has 3 rings (SSSR count). The Morgan fingerprint density at radius 3 is 2.52 bits per heavy atom. The van der Waals surface area contributed by atoms with Crippen LogP contribution in [0.15, 0.2) is 54.6 Å². The van der Waals surface area contributed by atoms with E-state index in [0.717, 1.165) is 29.4 Å². The molecule has 0 saturated heterocycles. The SMILES string of the molecule is CCCC(O)C(c1ccccc1)n1nnc2ccccc21. The van der Waals surface area contributed by atoms with Gasteiger partial charge in [-0.1, -0.05) is 61.0 Å². The van der Waals surface area contributed by atoms with Gasteiger partial charge in [0, 0.05) is 0 Å². The highest BCUT2D eigenvalue weighted by molar-refractivity contribution is 5.74. The number of para-hydroxylation sites is 1. The van der Waals surface area contributed by atoms with E-state index in [-0.39, 0.29) is 6.04 Å². The summed E-state index contributed by atoms with van der Waals surface area (Å²) >= 11 is 0. The highest BCUT2D eigenvalue weighted by Crippen LogP contribution is 2.27. The van der Waals surface area contributed by atoms with Gasteiger partial charge in [0.2, 0.25) is 0 Å². The van der Waals surface area contributed by atoms with Crippen molar-refractivity contribution in [3.05, 3.63) is 60.2 Å². The number of aliphatic hydroxyl groups is 1. The van der Waals surface area contributed by atoms with Gasteiger partial charge in [0.05, 0.1) is 11.6 Å². The second kappa shape index (κ2) is 6.06. The van der Waals surface area contributed by atoms with Gasteiger partial charge in [-0.3, -0.25) is 0 Å². The number of fused-ring (bicyclic) bond motifs is 1. The number of nitrogens with zero attached hydrogens (tertiary/aromatic N) is 3. The van der Waals surface area contributed by atoms with Gasteiger partial charge in [-0.2, -0.15) is 0 Å². The van der Waals surface area contributed by atoms with Crippen LogP contribution in [0, 0.1) is 0 Å². The fourth-order valence-electron chi connectivity index (χ4n) is 2.72. The van der Waals surface area contributed by atoms with Crippen LogP contribution in [0.5, 0.6) is 0 Å². The molecule has 0 radical (unpaired) electrons. The first-order valence-electron chi connectivity index (χ1n) is 7.34. The molecule has 3 aromatic rings. The van der Waals surface area contributed by atoms with Gasteiger partial charge in [-0.05, 0) is 24.1 Å². The monoisotopic (exact) mass is 281 g/mol. The van der Waals surface area contributed by atoms with Gasteiger partial charge in [-0.25, -0.2) is 4.68 Å². The zero-order valence-electron chi connectivity index (χ0n) is 12.1. The van der Waals surface area contributed by atoms with Crippen LogP contribution in [0.1, 0.15) is 31.4 Å². The quantitative estimate of drug-likeness (QED) is 0.781. The van der Waals surface area contributed by atoms with Crippen LogP contribution < -0.4 is 0 Å². The van der Waals surface area contributed by atoms with E-state index in [1.165, 1.54) is 0 Å². The molecule has 2 atom stereocenters. The van der Waals surface area contributed by atoms with Crippen LogP contribution >= 0.6 is 0 Å². The Morgan fingerprint density at radius 1 is 1.05 bits per heavy atom. The van der Waals surface area contributed by atoms with Crippen molar-refractivity contribution in [3.63, 3.8) is 0 Å². The zero-order valence-corrected chi connectivity index (χ0v) is 12.1. The van der Waals surface area contributed by atoms with Crippen LogP contribution in [-0.2, 0) is 0 Å². The van der Waals surface area contributed by atoms with Crippen LogP contribution in [0.3, 0.4) is 0 Å². The molecular weight excluding hydrogens is 262 g/mol. The number of hydrogen-bond donors (Lipinski definition) is 1. The molecule has 2 aromatic carbocycles. The van der Waals surface area contributed by atoms with E-state index in [9.17, 15) is 5.11 Å². The summed E-state index contributed by atoms with van der Waals surface area (Å²) in [5.41, 5.74) is 2.85. The lowest BCUT2D eigenvalue weighted by molar-refractivity contribution is 0.115. The van der Waals surface area contributed by atoms with E-state index in [2.05, 4.69) is 17.2 Å². The summed E-state index contributed by atoms with van der Waals surface area (Å²) in [6, 6.07) is 17.6. The van der Waals surface area contributed by atoms with Crippen molar-refractivity contribution in [2.75, 3.05) is 0 Å². The molecule has 0 saturated carbocycles. The summed E-state index contributed by atoms with van der Waals surface area (Å²) in [6.07, 6.45) is 1.17. The van der Waals surface area contributed by atoms with Gasteiger partial charge < -0.3 is 5.11 Å². The molecule has 0 fully saturated rings. The Balaban J connectivity index is 2.11. The molecule has 0 aliphatic carbocycles. The largest absolute Gasteiger partial charge is 0.391 e. The predicted octanol–water partition coefficient (Wildman–Crippen LogP) is 3.18. The summed E-state index contributed by atoms with van der Waals surface area (Å²) in [5, 5.41) is 19.1. The van der Waals surface area contributed by atoms with Gasteiger partial charge in [-0.15, -0.1) is 5.10 Å². The van der Waals surface area contributed by atoms with E-state index in [4.69, 9.17) is 0 Å². The van der Waals surface area contributed by atoms with Crippen molar-refractivity contribution in [2.45, 2.75) is 31.9 Å². The van der Waals surface area contributed by atoms with Gasteiger partial charge >= 0.3 is 0 Å². The second-order valence-corrected chi connectivity index (χ2v) is 5.23. The topological polar surface area (TPSA) is 50.9 Å². The van der Waals surface area contributed by atoms with E-state index >= 15 is 0 Å². The van der Waals surface area contributed by atoms with Crippen molar-refractivity contribution in [1.29, 1.82) is 0 Å². The Bertz CT molecular complexity index is 708. The molecule has 1 N–H and O–H groups in total. The van der Waals surface area contributed by atoms with Crippen LogP contribution in [-0.4, -0.2) is 26.2 Å². The highest BCUT2D eigenvalue weighted by Gasteiger charge is 2.25. The molecule has 0 amide bonds. The molecule has 0 spiro atoms. The maximum Gasteiger partial charge on any atom is 0.113 e. The van der Waals surface area contributed by atoms with E-state index < -0.39 is 6.10 Å². The van der Waals surface area contributed by atoms with Crippen LogP contribution in [0.25, 0.3) is 11.0 Å². The van der Waals surface area contributed by atoms with E-state index in [1.807, 2.05) is 59.3 Å². The number of benzene rings is 2. The average molecular weight is 281 g/mol. The number of aromatic nitrogens is 3. The number of rotatable bonds is 5. The normalized spacial score (nSPS) is 14.2. The van der Waals surface area contributed by atoms with E-state index in [0.29, 0.717) is 0 Å². The maximum atomic E-state index is 10.6. The molecule has 1 heterocycles. The predicted molar refractivity (Wildman–Crippen MR) is 83.0 cm³/mol. The fourth-order valence-corrected chi connectivity index (χ4v) is 2.72. The summed E-state index contributed by atoms with van der Waals surface area (Å²) in [6.45, 7) is 2.07. The minimum Gasteiger partial charge on any atom is -0.391 e. The Labute approximate surface area is 124 Å². The maximum absolute atomic E-state index is 10.6. The highest BCUT2D eigenvalue weighted by atomic mass is 16.3. The third-order valence-electron chi connectivity index (χ3n) is 3.73. The lowest BCUT2D eigenvalue weighted by Crippen LogP contribution is -2.26. The molecule has 4 heteroatoms. The molecule has 0 aliphatic heterocycles. The van der Waals surface area contributed by atoms with Crippen molar-refractivity contribution in [2.24, 2.45) is 0 Å². The Hall–Kier alpha value is -2.20. The number of aliphatic hydroxyl groups excluding tert-OH is 1. The molecule has 0 bridgehead atoms. The Kier molecular flexibility index (Phi) is 3.97. The van der Waals surface area contributed by atoms with Crippen LogP contribution in [0.4, 0.5) is 0 Å². The third kappa shape index (κ3) is 2.67. The van der Waals surface area contributed by atoms with Crippen LogP contribution in [0.2, 0.25) is 0 Å². The third-order valence-corrected chi connectivity index (χ3v) is 3.73. The number of hydrogen-bond acceptors (Lipinski definition) is 3. The summed E-state index contributed by atoms with van der Waals surface area (Å²) < 4.78 is 1.84. The molecule has 1 aromatic heterocycles. The fraction of sp³-hybridized carbons (Fsp3) is 0.294. The Morgan fingerprint density at radius 2 is 1.76 bits per heavy atom. The standard InChI is InChI=1S/C17H19N3O/c1-2-8-16(21)17(13-9-4-3-5-10-13)20-15-12-7-6-11-14(15)18-19-20/h3-7,9-12,16-17,21H,2,8H2,1H3. The first-order chi connectivity index (χ1) is 10.3. The minimum atomic E-state index is -0.484. The molecule has 4 nitrogen and oxygen atoms in total. The van der Waals surface area contributed by atoms with Crippen molar-refractivity contribution in [3.8, 4) is 0 Å². The first kappa shape index (κ1) is 13.8. The summed E-state index contributed by atoms with van der Waals surface area (Å²) in [7, 11) is 0. The van der Waals surface area contributed by atoms with Gasteiger partial charge in [0.25, 0.3) is 0 Å². The summed E-state index contributed by atoms with van der Waals surface area (Å²) in [4.78, 5) is 0. The van der Waals surface area contributed by atoms with Crippen molar-refractivity contribution in [1.82, 2.24) is 15.0 Å². The molecule has 108 valence electrons. The van der Waals surface area contributed by atoms with Crippen molar-refractivity contribution >= 4 is 11.0 Å². The first-order valence-corrected chi connectivity index (χ1v) is 7.34. The van der Waals surface area contributed by atoms with Gasteiger partial charge in [0.1, 0.15) is 11.6 Å². The lowest BCUT2D eigenvalue weighted by Gasteiger charge is -2.23.